The summed E-state index contributed by atoms with van der Waals surface area (Å²) >= 11 is 0. The van der Waals surface area contributed by atoms with Crippen molar-refractivity contribution in [3.8, 4) is 23.5 Å². The molecule has 188 valence electrons. The number of hydrogen-bond donors (Lipinski definition) is 3. The van der Waals surface area contributed by atoms with Crippen LogP contribution in [0.25, 0.3) is 0 Å². The number of aliphatic hydroxyl groups is 1. The van der Waals surface area contributed by atoms with E-state index in [0.717, 1.165) is 11.3 Å². The Morgan fingerprint density at radius 3 is 2.37 bits per heavy atom. The monoisotopic (exact) mass is 500 g/mol. The van der Waals surface area contributed by atoms with E-state index >= 15 is 0 Å². The smallest absolute Gasteiger partial charge is 0.290 e. The normalized spacial score (nSPS) is 11.2. The van der Waals surface area contributed by atoms with Crippen molar-refractivity contribution in [1.82, 2.24) is 9.97 Å². The molecule has 0 atom stereocenters. The lowest BCUT2D eigenvalue weighted by atomic mass is 10.2. The average molecular weight is 501 g/mol. The van der Waals surface area contributed by atoms with Crippen LogP contribution in [0.5, 0.6) is 23.5 Å². The first-order valence-electron chi connectivity index (χ1n) is 11.2. The number of furan rings is 1. The third-order valence-electron chi connectivity index (χ3n) is 5.13. The van der Waals surface area contributed by atoms with E-state index < -0.39 is 8.07 Å². The zero-order valence-corrected chi connectivity index (χ0v) is 21.9. The molecule has 35 heavy (non-hydrogen) atoms. The molecule has 3 rings (SSSR count). The van der Waals surface area contributed by atoms with Gasteiger partial charge in [-0.15, -0.1) is 0 Å². The third kappa shape index (κ3) is 6.73. The van der Waals surface area contributed by atoms with Crippen LogP contribution in [0, 0.1) is 6.92 Å². The standard InChI is InChI=1S/C24H32N4O6Si/c1-15-7-9-17(35(4,5)6)14-18(15)34-20-10-8-16(33-20)13-19(30)26-21-22(31-2)27-24(25-11-12-29)28-23(21)32-3/h7-10,14,29H,11-13H2,1-6H3,(H,26,30)(H,25,27,28). The third-order valence-corrected chi connectivity index (χ3v) is 7.17. The van der Waals surface area contributed by atoms with Gasteiger partial charge in [-0.3, -0.25) is 4.79 Å². The lowest BCUT2D eigenvalue weighted by molar-refractivity contribution is -0.115. The second kappa shape index (κ2) is 11.2. The Bertz CT molecular complexity index is 1150. The van der Waals surface area contributed by atoms with Crippen LogP contribution in [0.4, 0.5) is 11.6 Å². The van der Waals surface area contributed by atoms with Crippen molar-refractivity contribution in [1.29, 1.82) is 0 Å². The van der Waals surface area contributed by atoms with Crippen molar-refractivity contribution < 1.29 is 28.5 Å². The Morgan fingerprint density at radius 2 is 1.77 bits per heavy atom. The molecule has 2 heterocycles. The highest BCUT2D eigenvalue weighted by atomic mass is 28.3. The maximum Gasteiger partial charge on any atom is 0.290 e. The number of carbonyl (C=O) groups excluding carboxylic acids is 1. The molecule has 0 radical (unpaired) electrons. The van der Waals surface area contributed by atoms with Gasteiger partial charge in [-0.2, -0.15) is 9.97 Å². The van der Waals surface area contributed by atoms with Crippen LogP contribution < -0.4 is 30.0 Å². The molecular formula is C24H32N4O6Si. The topological polar surface area (TPSA) is 128 Å². The predicted octanol–water partition coefficient (Wildman–Crippen LogP) is 3.32. The van der Waals surface area contributed by atoms with Gasteiger partial charge in [0, 0.05) is 12.6 Å². The summed E-state index contributed by atoms with van der Waals surface area (Å²) in [5.74, 6) is 1.53. The Hall–Kier alpha value is -3.57. The molecule has 0 unspecified atom stereocenters. The van der Waals surface area contributed by atoms with Gasteiger partial charge in [0.1, 0.15) is 11.5 Å². The lowest BCUT2D eigenvalue weighted by Gasteiger charge is -2.18. The molecule has 3 N–H and O–H groups in total. The second-order valence-electron chi connectivity index (χ2n) is 8.87. The van der Waals surface area contributed by atoms with Gasteiger partial charge in [0.25, 0.3) is 5.95 Å². The highest BCUT2D eigenvalue weighted by molar-refractivity contribution is 6.88. The van der Waals surface area contributed by atoms with Crippen LogP contribution in [0.2, 0.25) is 19.6 Å². The maximum atomic E-state index is 12.7. The van der Waals surface area contributed by atoms with Crippen LogP contribution in [-0.4, -0.2) is 56.4 Å². The minimum Gasteiger partial charge on any atom is -0.479 e. The molecule has 0 aliphatic heterocycles. The quantitative estimate of drug-likeness (QED) is 0.340. The molecule has 0 saturated carbocycles. The van der Waals surface area contributed by atoms with Gasteiger partial charge in [-0.05, 0) is 24.6 Å². The number of benzene rings is 1. The van der Waals surface area contributed by atoms with Gasteiger partial charge < -0.3 is 34.4 Å². The molecule has 0 bridgehead atoms. The summed E-state index contributed by atoms with van der Waals surface area (Å²) in [6.07, 6.45) is -0.0475. The number of carbonyl (C=O) groups is 1. The summed E-state index contributed by atoms with van der Waals surface area (Å²) in [5, 5.41) is 15.8. The molecule has 1 aromatic carbocycles. The highest BCUT2D eigenvalue weighted by Gasteiger charge is 2.21. The maximum absolute atomic E-state index is 12.7. The zero-order valence-electron chi connectivity index (χ0n) is 20.9. The van der Waals surface area contributed by atoms with Crippen molar-refractivity contribution in [2.75, 3.05) is 38.0 Å². The number of amides is 1. The Morgan fingerprint density at radius 1 is 1.09 bits per heavy atom. The predicted molar refractivity (Wildman–Crippen MR) is 136 cm³/mol. The van der Waals surface area contributed by atoms with Crippen LogP contribution >= 0.6 is 0 Å². The number of ether oxygens (including phenoxy) is 3. The van der Waals surface area contributed by atoms with E-state index in [0.29, 0.717) is 11.7 Å². The fourth-order valence-corrected chi connectivity index (χ4v) is 4.35. The summed E-state index contributed by atoms with van der Waals surface area (Å²) in [5.41, 5.74) is 1.19. The molecule has 0 aliphatic rings. The summed E-state index contributed by atoms with van der Waals surface area (Å²) < 4.78 is 22.3. The van der Waals surface area contributed by atoms with Crippen molar-refractivity contribution in [2.24, 2.45) is 0 Å². The van der Waals surface area contributed by atoms with Crippen LogP contribution in [0.15, 0.2) is 34.7 Å². The first-order valence-corrected chi connectivity index (χ1v) is 14.7. The number of aliphatic hydroxyl groups excluding tert-OH is 1. The van der Waals surface area contributed by atoms with E-state index in [2.05, 4.69) is 52.4 Å². The van der Waals surface area contributed by atoms with Gasteiger partial charge in [0.15, 0.2) is 5.69 Å². The van der Waals surface area contributed by atoms with E-state index in [4.69, 9.17) is 23.7 Å². The Balaban J connectivity index is 1.71. The fourth-order valence-electron chi connectivity index (χ4n) is 3.20. The number of hydrogen-bond acceptors (Lipinski definition) is 9. The first kappa shape index (κ1) is 26.0. The molecule has 0 spiro atoms. The summed E-state index contributed by atoms with van der Waals surface area (Å²) in [7, 11) is 1.34. The van der Waals surface area contributed by atoms with Crippen LogP contribution in [0.1, 0.15) is 11.3 Å². The summed E-state index contributed by atoms with van der Waals surface area (Å²) in [4.78, 5) is 21.1. The molecule has 11 heteroatoms. The van der Waals surface area contributed by atoms with Crippen LogP contribution in [0.3, 0.4) is 0 Å². The van der Waals surface area contributed by atoms with Crippen molar-refractivity contribution in [3.05, 3.63) is 41.7 Å². The highest BCUT2D eigenvalue weighted by Crippen LogP contribution is 2.33. The summed E-state index contributed by atoms with van der Waals surface area (Å²) in [6, 6.07) is 9.64. The van der Waals surface area contributed by atoms with Crippen LogP contribution in [-0.2, 0) is 11.2 Å². The Labute approximate surface area is 205 Å². The molecule has 0 fully saturated rings. The number of methoxy groups -OCH3 is 2. The number of nitrogens with one attached hydrogen (secondary N) is 2. The number of aromatic nitrogens is 2. The molecule has 3 aromatic rings. The summed E-state index contributed by atoms with van der Waals surface area (Å²) in [6.45, 7) is 8.97. The Kier molecular flexibility index (Phi) is 8.36. The largest absolute Gasteiger partial charge is 0.479 e. The van der Waals surface area contributed by atoms with Gasteiger partial charge in [0.2, 0.25) is 23.6 Å². The fraction of sp³-hybridized carbons (Fsp3) is 0.375. The van der Waals surface area contributed by atoms with Crippen molar-refractivity contribution >= 4 is 30.8 Å². The zero-order chi connectivity index (χ0) is 25.6. The van der Waals surface area contributed by atoms with E-state index in [9.17, 15) is 4.79 Å². The molecule has 10 nitrogen and oxygen atoms in total. The van der Waals surface area contributed by atoms with Gasteiger partial charge in [-0.25, -0.2) is 0 Å². The first-order chi connectivity index (χ1) is 16.6. The van der Waals surface area contributed by atoms with Gasteiger partial charge >= 0.3 is 0 Å². The molecule has 0 aliphatic carbocycles. The molecule has 0 saturated heterocycles. The van der Waals surface area contributed by atoms with E-state index in [1.54, 1.807) is 12.1 Å². The molecular weight excluding hydrogens is 468 g/mol. The van der Waals surface area contributed by atoms with E-state index in [1.807, 2.05) is 13.0 Å². The SMILES string of the molecule is COc1nc(NCCO)nc(OC)c1NC(=O)Cc1ccc(Oc2cc([Si](C)(C)C)ccc2C)o1. The number of nitrogens with zero attached hydrogens (tertiary/aromatic N) is 2. The average Bonchev–Trinajstić information content (AvgIpc) is 3.25. The van der Waals surface area contributed by atoms with Gasteiger partial charge in [0.05, 0.1) is 35.3 Å². The number of rotatable bonds is 11. The van der Waals surface area contributed by atoms with Crippen molar-refractivity contribution in [3.63, 3.8) is 0 Å². The van der Waals surface area contributed by atoms with E-state index in [1.165, 1.54) is 19.4 Å². The van der Waals surface area contributed by atoms with Gasteiger partial charge in [-0.1, -0.05) is 37.0 Å². The lowest BCUT2D eigenvalue weighted by Crippen LogP contribution is -2.37. The molecule has 1 amide bonds. The van der Waals surface area contributed by atoms with Crippen molar-refractivity contribution in [2.45, 2.75) is 33.0 Å². The number of anilines is 2. The minimum absolute atomic E-state index is 0.0475. The molecule has 2 aromatic heterocycles. The van der Waals surface area contributed by atoms with E-state index in [-0.39, 0.29) is 48.9 Å². The number of aryl methyl sites for hydroxylation is 1. The second-order valence-corrected chi connectivity index (χ2v) is 13.9. The minimum atomic E-state index is -1.49.